The molecule has 3 rings (SSSR count). The number of amides is 1. The second kappa shape index (κ2) is 7.44. The van der Waals surface area contributed by atoms with E-state index in [2.05, 4.69) is 0 Å². The molecule has 0 atom stereocenters. The largest absolute Gasteiger partial charge is 0.497 e. The lowest BCUT2D eigenvalue weighted by atomic mass is 10.2. The minimum atomic E-state index is -0.00481. The molecule has 0 spiro atoms. The molecule has 122 valence electrons. The summed E-state index contributed by atoms with van der Waals surface area (Å²) in [5.74, 6) is 0.792. The molecule has 0 radical (unpaired) electrons. The molecule has 0 unspecified atom stereocenters. The molecule has 2 saturated heterocycles. The smallest absolute Gasteiger partial charge is 0.270 e. The number of nitrogens with one attached hydrogen (secondary N) is 1. The van der Waals surface area contributed by atoms with Gasteiger partial charge in [-0.1, -0.05) is 36.1 Å². The summed E-state index contributed by atoms with van der Waals surface area (Å²) in [4.78, 5) is 16.3. The van der Waals surface area contributed by atoms with Crippen molar-refractivity contribution in [2.24, 2.45) is 0 Å². The molecule has 0 saturated carbocycles. The fourth-order valence-electron chi connectivity index (χ4n) is 2.53. The van der Waals surface area contributed by atoms with Gasteiger partial charge in [-0.05, 0) is 23.8 Å². The summed E-state index contributed by atoms with van der Waals surface area (Å²) in [5.41, 5.74) is 0.963. The van der Waals surface area contributed by atoms with E-state index < -0.39 is 0 Å². The van der Waals surface area contributed by atoms with Crippen molar-refractivity contribution < 1.29 is 19.2 Å². The lowest BCUT2D eigenvalue weighted by Crippen LogP contribution is -3.15. The van der Waals surface area contributed by atoms with Crippen molar-refractivity contribution in [1.29, 1.82) is 0 Å². The third-order valence-corrected chi connectivity index (χ3v) is 5.25. The highest BCUT2D eigenvalue weighted by molar-refractivity contribution is 8.26. The summed E-state index contributed by atoms with van der Waals surface area (Å²) in [5, 5.41) is 0. The summed E-state index contributed by atoms with van der Waals surface area (Å²) in [6.07, 6.45) is 1.88. The number of carbonyl (C=O) groups is 1. The van der Waals surface area contributed by atoms with Crippen molar-refractivity contribution in [1.82, 2.24) is 4.90 Å². The van der Waals surface area contributed by atoms with Crippen LogP contribution < -0.4 is 9.64 Å². The van der Waals surface area contributed by atoms with Gasteiger partial charge in [0.15, 0.2) is 11.0 Å². The Hall–Kier alpha value is -1.41. The van der Waals surface area contributed by atoms with Crippen LogP contribution in [-0.2, 0) is 9.53 Å². The summed E-state index contributed by atoms with van der Waals surface area (Å²) >= 11 is 6.75. The van der Waals surface area contributed by atoms with Crippen molar-refractivity contribution in [3.05, 3.63) is 34.7 Å². The number of rotatable bonds is 4. The highest BCUT2D eigenvalue weighted by Gasteiger charge is 2.34. The summed E-state index contributed by atoms with van der Waals surface area (Å²) in [6, 6.07) is 7.62. The maximum absolute atomic E-state index is 12.6. The second-order valence-electron chi connectivity index (χ2n) is 5.40. The van der Waals surface area contributed by atoms with Crippen molar-refractivity contribution in [2.45, 2.75) is 0 Å². The number of methoxy groups -OCH3 is 1. The Labute approximate surface area is 145 Å². The Kier molecular flexibility index (Phi) is 5.32. The van der Waals surface area contributed by atoms with E-state index in [9.17, 15) is 4.79 Å². The van der Waals surface area contributed by atoms with Crippen LogP contribution in [0.4, 0.5) is 0 Å². The van der Waals surface area contributed by atoms with Gasteiger partial charge < -0.3 is 14.4 Å². The quantitative estimate of drug-likeness (QED) is 0.641. The average Bonchev–Trinajstić information content (AvgIpc) is 2.84. The van der Waals surface area contributed by atoms with E-state index in [1.807, 2.05) is 30.3 Å². The average molecular weight is 351 g/mol. The number of nitrogens with zero attached hydrogens (tertiary/aromatic N) is 1. The first-order valence-corrected chi connectivity index (χ1v) is 8.70. The van der Waals surface area contributed by atoms with Crippen molar-refractivity contribution >= 4 is 40.3 Å². The van der Waals surface area contributed by atoms with Gasteiger partial charge >= 0.3 is 0 Å². The van der Waals surface area contributed by atoms with Gasteiger partial charge in [0.05, 0.1) is 25.2 Å². The molecule has 2 aliphatic heterocycles. The van der Waals surface area contributed by atoms with E-state index in [1.165, 1.54) is 16.7 Å². The molecule has 2 heterocycles. The van der Waals surface area contributed by atoms with Gasteiger partial charge in [0.2, 0.25) is 0 Å². The zero-order valence-corrected chi connectivity index (χ0v) is 14.5. The number of hydrogen-bond donors (Lipinski definition) is 1. The minimum absolute atomic E-state index is 0.00481. The van der Waals surface area contributed by atoms with E-state index in [1.54, 1.807) is 12.0 Å². The van der Waals surface area contributed by atoms with Gasteiger partial charge in [-0.3, -0.25) is 4.79 Å². The Balaban J connectivity index is 1.70. The molecule has 1 amide bonds. The predicted octanol–water partition coefficient (Wildman–Crippen LogP) is 0.769. The zero-order chi connectivity index (χ0) is 16.2. The Morgan fingerprint density at radius 3 is 2.70 bits per heavy atom. The number of morpholine rings is 1. The Morgan fingerprint density at radius 2 is 2.04 bits per heavy atom. The summed E-state index contributed by atoms with van der Waals surface area (Å²) in [6.45, 7) is 3.93. The highest BCUT2D eigenvalue weighted by atomic mass is 32.2. The number of hydrogen-bond acceptors (Lipinski definition) is 5. The molecule has 7 heteroatoms. The van der Waals surface area contributed by atoms with Gasteiger partial charge in [0.1, 0.15) is 18.8 Å². The van der Waals surface area contributed by atoms with Crippen molar-refractivity contribution in [3.63, 3.8) is 0 Å². The molecule has 0 bridgehead atoms. The number of ether oxygens (including phenoxy) is 2. The fourth-order valence-corrected chi connectivity index (χ4v) is 3.78. The van der Waals surface area contributed by atoms with E-state index in [4.69, 9.17) is 21.7 Å². The topological polar surface area (TPSA) is 43.2 Å². The maximum Gasteiger partial charge on any atom is 0.270 e. The number of carbonyl (C=O) groups excluding carboxylic acids is 1. The Bertz CT molecular complexity index is 625. The molecule has 0 aliphatic carbocycles. The van der Waals surface area contributed by atoms with Crippen LogP contribution in [0.3, 0.4) is 0 Å². The van der Waals surface area contributed by atoms with Crippen LogP contribution in [0.2, 0.25) is 0 Å². The maximum atomic E-state index is 12.6. The zero-order valence-electron chi connectivity index (χ0n) is 12.9. The molecule has 0 aromatic heterocycles. The van der Waals surface area contributed by atoms with Crippen LogP contribution in [-0.4, -0.2) is 55.2 Å². The number of quaternary nitrogens is 1. The van der Waals surface area contributed by atoms with Crippen LogP contribution in [0.15, 0.2) is 29.2 Å². The molecule has 2 aliphatic rings. The predicted molar refractivity (Wildman–Crippen MR) is 94.4 cm³/mol. The molecule has 1 N–H and O–H groups in total. The van der Waals surface area contributed by atoms with Crippen LogP contribution in [0.5, 0.6) is 5.75 Å². The van der Waals surface area contributed by atoms with Crippen molar-refractivity contribution in [3.8, 4) is 5.75 Å². The van der Waals surface area contributed by atoms with Gasteiger partial charge in [-0.15, -0.1) is 0 Å². The molecular formula is C16H19N2O3S2+. The van der Waals surface area contributed by atoms with Gasteiger partial charge in [0, 0.05) is 0 Å². The van der Waals surface area contributed by atoms with Crippen LogP contribution in [0.1, 0.15) is 5.56 Å². The van der Waals surface area contributed by atoms with Crippen LogP contribution >= 0.6 is 24.0 Å². The first kappa shape index (κ1) is 16.4. The van der Waals surface area contributed by atoms with Gasteiger partial charge in [0.25, 0.3) is 5.91 Å². The normalized spacial score (nSPS) is 21.3. The first-order chi connectivity index (χ1) is 11.2. The van der Waals surface area contributed by atoms with E-state index >= 15 is 0 Å². The highest BCUT2D eigenvalue weighted by Crippen LogP contribution is 2.32. The lowest BCUT2D eigenvalue weighted by molar-refractivity contribution is -0.914. The molecule has 23 heavy (non-hydrogen) atoms. The van der Waals surface area contributed by atoms with Crippen molar-refractivity contribution in [2.75, 3.05) is 40.1 Å². The van der Waals surface area contributed by atoms with Gasteiger partial charge in [-0.25, -0.2) is 4.90 Å². The Morgan fingerprint density at radius 1 is 1.35 bits per heavy atom. The van der Waals surface area contributed by atoms with Gasteiger partial charge in [-0.2, -0.15) is 0 Å². The summed E-state index contributed by atoms with van der Waals surface area (Å²) in [7, 11) is 1.63. The third kappa shape index (κ3) is 3.92. The van der Waals surface area contributed by atoms with Crippen LogP contribution in [0.25, 0.3) is 6.08 Å². The molecule has 2 fully saturated rings. The molecular weight excluding hydrogens is 332 g/mol. The number of thioether (sulfide) groups is 1. The third-order valence-electron chi connectivity index (χ3n) is 3.87. The molecule has 1 aromatic carbocycles. The number of benzene rings is 1. The SMILES string of the molecule is COc1ccc(/C=C2\SC(=S)N(C[NH+]3CCOCC3)C2=O)cc1. The monoisotopic (exact) mass is 351 g/mol. The van der Waals surface area contributed by atoms with E-state index in [0.29, 0.717) is 15.9 Å². The fraction of sp³-hybridized carbons (Fsp3) is 0.375. The molecule has 1 aromatic rings. The summed E-state index contributed by atoms with van der Waals surface area (Å²) < 4.78 is 11.1. The minimum Gasteiger partial charge on any atom is -0.497 e. The molecule has 5 nitrogen and oxygen atoms in total. The second-order valence-corrected chi connectivity index (χ2v) is 7.08. The lowest BCUT2D eigenvalue weighted by Gasteiger charge is -2.27. The number of thiocarbonyl (C=S) groups is 1. The first-order valence-electron chi connectivity index (χ1n) is 7.48. The van der Waals surface area contributed by atoms with Crippen LogP contribution in [0, 0.1) is 0 Å². The van der Waals surface area contributed by atoms with E-state index in [0.717, 1.165) is 37.6 Å². The van der Waals surface area contributed by atoms with E-state index in [-0.39, 0.29) is 5.91 Å². The standard InChI is InChI=1S/C16H18N2O3S2/c1-20-13-4-2-12(3-5-13)10-14-15(19)18(16(22)23-14)11-17-6-8-21-9-7-17/h2-5,10H,6-9,11H2,1H3/p+1/b14-10-.